The second-order valence-electron chi connectivity index (χ2n) is 6.12. The minimum absolute atomic E-state index is 0.140. The molecule has 4 aromatic rings. The van der Waals surface area contributed by atoms with Gasteiger partial charge >= 0.3 is 6.01 Å². The largest absolute Gasteiger partial charge is 0.467 e. The van der Waals surface area contributed by atoms with Gasteiger partial charge in [-0.15, -0.1) is 0 Å². The summed E-state index contributed by atoms with van der Waals surface area (Å²) in [4.78, 5) is 17.1. The smallest absolute Gasteiger partial charge is 0.318 e. The molecule has 0 bridgehead atoms. The Bertz CT molecular complexity index is 1190. The van der Waals surface area contributed by atoms with Crippen LogP contribution in [0.5, 0.6) is 6.01 Å². The molecule has 3 aromatic heterocycles. The predicted octanol–water partition coefficient (Wildman–Crippen LogP) is 4.29. The van der Waals surface area contributed by atoms with Crippen LogP contribution in [0.3, 0.4) is 0 Å². The Morgan fingerprint density at radius 1 is 1.11 bits per heavy atom. The van der Waals surface area contributed by atoms with Gasteiger partial charge in [0.1, 0.15) is 23.0 Å². The number of nitrogens with zero attached hydrogens (tertiary/aromatic N) is 5. The molecular weight excluding hydrogens is 432 g/mol. The molecule has 0 spiro atoms. The fourth-order valence-corrected chi connectivity index (χ4v) is 3.26. The lowest BCUT2D eigenvalue weighted by Crippen LogP contribution is -2.06. The van der Waals surface area contributed by atoms with Crippen molar-refractivity contribution in [1.82, 2.24) is 24.5 Å². The number of imidazole rings is 1. The highest BCUT2D eigenvalue weighted by Gasteiger charge is 2.19. The molecule has 3 heterocycles. The van der Waals surface area contributed by atoms with Crippen molar-refractivity contribution in [2.75, 3.05) is 7.11 Å². The third-order valence-electron chi connectivity index (χ3n) is 4.24. The first kappa shape index (κ1) is 18.4. The number of aryl methyl sites for hydroxylation is 1. The first-order valence-electron chi connectivity index (χ1n) is 8.30. The summed E-state index contributed by atoms with van der Waals surface area (Å²) in [7, 11) is 1.47. The van der Waals surface area contributed by atoms with Gasteiger partial charge in [-0.25, -0.2) is 13.8 Å². The van der Waals surface area contributed by atoms with Crippen molar-refractivity contribution < 1.29 is 13.5 Å². The van der Waals surface area contributed by atoms with E-state index in [2.05, 4.69) is 35.9 Å². The van der Waals surface area contributed by atoms with E-state index in [0.717, 1.165) is 6.20 Å². The number of halogens is 3. The number of rotatable bonds is 4. The Hall–Kier alpha value is -2.94. The standard InChI is InChI=1S/C19H14BrF2N5O/c1-10-16-18(26-19(24-10)28-2)27(9-11-3-4-13(20)6-15(11)22)17(25-16)12-5-14(21)8-23-7-12/h3-8H,9H2,1-2H3. The predicted molar refractivity (Wildman–Crippen MR) is 103 cm³/mol. The first-order valence-corrected chi connectivity index (χ1v) is 9.09. The van der Waals surface area contributed by atoms with Crippen LogP contribution in [0, 0.1) is 18.6 Å². The molecule has 0 saturated carbocycles. The zero-order valence-corrected chi connectivity index (χ0v) is 16.5. The van der Waals surface area contributed by atoms with Crippen molar-refractivity contribution in [3.63, 3.8) is 0 Å². The average molecular weight is 446 g/mol. The maximum absolute atomic E-state index is 14.5. The number of aromatic nitrogens is 5. The van der Waals surface area contributed by atoms with Crippen LogP contribution < -0.4 is 4.74 Å². The summed E-state index contributed by atoms with van der Waals surface area (Å²) in [6, 6.07) is 6.30. The summed E-state index contributed by atoms with van der Waals surface area (Å²) in [5.41, 5.74) is 2.48. The van der Waals surface area contributed by atoms with E-state index < -0.39 is 5.82 Å². The van der Waals surface area contributed by atoms with Gasteiger partial charge in [0.25, 0.3) is 0 Å². The van der Waals surface area contributed by atoms with Crippen LogP contribution in [-0.4, -0.2) is 31.6 Å². The fourth-order valence-electron chi connectivity index (χ4n) is 2.93. The van der Waals surface area contributed by atoms with E-state index in [9.17, 15) is 8.78 Å². The molecule has 0 N–H and O–H groups in total. The Labute approximate surface area is 167 Å². The molecule has 1 aromatic carbocycles. The van der Waals surface area contributed by atoms with Crippen LogP contribution >= 0.6 is 15.9 Å². The number of hydrogen-bond acceptors (Lipinski definition) is 5. The molecule has 0 radical (unpaired) electrons. The Balaban J connectivity index is 1.97. The molecule has 0 unspecified atom stereocenters. The number of pyridine rings is 1. The summed E-state index contributed by atoms with van der Waals surface area (Å²) in [5.74, 6) is -0.460. The van der Waals surface area contributed by atoms with Gasteiger partial charge in [-0.05, 0) is 25.1 Å². The number of fused-ring (bicyclic) bond motifs is 1. The van der Waals surface area contributed by atoms with Gasteiger partial charge in [-0.2, -0.15) is 9.97 Å². The summed E-state index contributed by atoms with van der Waals surface area (Å²) < 4.78 is 35.7. The maximum atomic E-state index is 14.5. The van der Waals surface area contributed by atoms with E-state index >= 15 is 0 Å². The van der Waals surface area contributed by atoms with Crippen molar-refractivity contribution in [2.24, 2.45) is 0 Å². The van der Waals surface area contributed by atoms with E-state index in [1.54, 1.807) is 23.6 Å². The molecule has 0 fully saturated rings. The third-order valence-corrected chi connectivity index (χ3v) is 4.73. The number of hydrogen-bond donors (Lipinski definition) is 0. The van der Waals surface area contributed by atoms with Crippen molar-refractivity contribution >= 4 is 27.1 Å². The molecule has 0 aliphatic carbocycles. The summed E-state index contributed by atoms with van der Waals surface area (Å²) in [5, 5.41) is 0. The summed E-state index contributed by atoms with van der Waals surface area (Å²) >= 11 is 3.26. The molecule has 28 heavy (non-hydrogen) atoms. The van der Waals surface area contributed by atoms with Crippen molar-refractivity contribution in [2.45, 2.75) is 13.5 Å². The monoisotopic (exact) mass is 445 g/mol. The molecule has 0 amide bonds. The highest BCUT2D eigenvalue weighted by molar-refractivity contribution is 9.10. The quantitative estimate of drug-likeness (QED) is 0.468. The minimum atomic E-state index is -0.494. The summed E-state index contributed by atoms with van der Waals surface area (Å²) in [6.45, 7) is 1.92. The SMILES string of the molecule is COc1nc(C)c2nc(-c3cncc(F)c3)n(Cc3ccc(Br)cc3F)c2n1. The number of methoxy groups -OCH3 is 1. The molecule has 9 heteroatoms. The normalized spacial score (nSPS) is 11.2. The van der Waals surface area contributed by atoms with E-state index in [1.165, 1.54) is 25.4 Å². The minimum Gasteiger partial charge on any atom is -0.467 e. The molecule has 0 saturated heterocycles. The molecule has 6 nitrogen and oxygen atoms in total. The van der Waals surface area contributed by atoms with Gasteiger partial charge in [0.15, 0.2) is 5.65 Å². The van der Waals surface area contributed by atoms with Gasteiger partial charge in [0.05, 0.1) is 25.5 Å². The van der Waals surface area contributed by atoms with E-state index in [0.29, 0.717) is 38.3 Å². The zero-order chi connectivity index (χ0) is 19.8. The van der Waals surface area contributed by atoms with Crippen LogP contribution in [-0.2, 0) is 6.54 Å². The van der Waals surface area contributed by atoms with Crippen LogP contribution in [0.1, 0.15) is 11.3 Å². The summed E-state index contributed by atoms with van der Waals surface area (Å²) in [6.07, 6.45) is 2.61. The highest BCUT2D eigenvalue weighted by atomic mass is 79.9. The lowest BCUT2D eigenvalue weighted by atomic mass is 10.2. The van der Waals surface area contributed by atoms with E-state index in [1.807, 2.05) is 0 Å². The molecule has 142 valence electrons. The van der Waals surface area contributed by atoms with Crippen molar-refractivity contribution in [3.8, 4) is 17.4 Å². The van der Waals surface area contributed by atoms with Crippen molar-refractivity contribution in [1.29, 1.82) is 0 Å². The van der Waals surface area contributed by atoms with Crippen LogP contribution in [0.4, 0.5) is 8.78 Å². The average Bonchev–Trinajstić information content (AvgIpc) is 3.03. The van der Waals surface area contributed by atoms with Crippen LogP contribution in [0.2, 0.25) is 0 Å². The lowest BCUT2D eigenvalue weighted by molar-refractivity contribution is 0.380. The molecule has 0 atom stereocenters. The number of ether oxygens (including phenoxy) is 1. The Morgan fingerprint density at radius 2 is 1.93 bits per heavy atom. The Kier molecular flexibility index (Phi) is 4.76. The highest BCUT2D eigenvalue weighted by Crippen LogP contribution is 2.28. The van der Waals surface area contributed by atoms with Gasteiger partial charge in [-0.3, -0.25) is 4.98 Å². The zero-order valence-electron chi connectivity index (χ0n) is 14.9. The van der Waals surface area contributed by atoms with E-state index in [-0.39, 0.29) is 18.4 Å². The van der Waals surface area contributed by atoms with Crippen LogP contribution in [0.25, 0.3) is 22.6 Å². The molecule has 4 rings (SSSR count). The Morgan fingerprint density at radius 3 is 2.64 bits per heavy atom. The first-order chi connectivity index (χ1) is 13.5. The van der Waals surface area contributed by atoms with E-state index in [4.69, 9.17) is 4.74 Å². The lowest BCUT2D eigenvalue weighted by Gasteiger charge is -2.10. The molecule has 0 aliphatic rings. The third kappa shape index (κ3) is 3.33. The topological polar surface area (TPSA) is 65.7 Å². The van der Waals surface area contributed by atoms with Gasteiger partial charge < -0.3 is 9.30 Å². The second kappa shape index (κ2) is 7.23. The maximum Gasteiger partial charge on any atom is 0.318 e. The van der Waals surface area contributed by atoms with Gasteiger partial charge in [0.2, 0.25) is 0 Å². The van der Waals surface area contributed by atoms with Crippen molar-refractivity contribution in [3.05, 3.63) is 64.0 Å². The van der Waals surface area contributed by atoms with Crippen LogP contribution in [0.15, 0.2) is 41.1 Å². The van der Waals surface area contributed by atoms with Gasteiger partial charge in [-0.1, -0.05) is 22.0 Å². The second-order valence-corrected chi connectivity index (χ2v) is 7.03. The fraction of sp³-hybridized carbons (Fsp3) is 0.158. The number of benzene rings is 1. The molecule has 0 aliphatic heterocycles. The molecular formula is C19H14BrF2N5O. The van der Waals surface area contributed by atoms with Gasteiger partial charge in [0, 0.05) is 21.8 Å².